The number of hydrogen-bond acceptors (Lipinski definition) is 6. The summed E-state index contributed by atoms with van der Waals surface area (Å²) < 4.78 is 14.0. The van der Waals surface area contributed by atoms with Crippen LogP contribution < -0.4 is 9.80 Å². The molecule has 0 aliphatic rings. The predicted molar refractivity (Wildman–Crippen MR) is 241 cm³/mol. The summed E-state index contributed by atoms with van der Waals surface area (Å²) in [6, 6.07) is 24.9. The van der Waals surface area contributed by atoms with E-state index in [-0.39, 0.29) is 0 Å². The average Bonchev–Trinajstić information content (AvgIpc) is 3.83. The van der Waals surface area contributed by atoms with Crippen molar-refractivity contribution in [3.63, 3.8) is 0 Å². The van der Waals surface area contributed by atoms with E-state index in [4.69, 9.17) is 8.83 Å². The van der Waals surface area contributed by atoms with Crippen LogP contribution in [0.2, 0.25) is 0 Å². The lowest BCUT2D eigenvalue weighted by Gasteiger charge is -2.22. The summed E-state index contributed by atoms with van der Waals surface area (Å²) in [6.07, 6.45) is 17.7. The topological polar surface area (TPSA) is 80.3 Å². The Balaban J connectivity index is 1.85. The summed E-state index contributed by atoms with van der Waals surface area (Å²) in [4.78, 5) is 4.53. The van der Waals surface area contributed by atoms with Crippen LogP contribution >= 0.6 is 0 Å². The number of nitrogens with zero attached hydrogens (tertiary/aromatic N) is 4. The number of benzene rings is 3. The summed E-state index contributed by atoms with van der Waals surface area (Å²) in [5.74, 6) is 14.8. The number of furan rings is 2. The molecule has 0 saturated carbocycles. The Morgan fingerprint density at radius 1 is 0.414 bits per heavy atom. The van der Waals surface area contributed by atoms with Gasteiger partial charge in [0.1, 0.15) is 23.3 Å². The van der Waals surface area contributed by atoms with Gasteiger partial charge in [-0.2, -0.15) is 10.5 Å². The number of nitriles is 2. The monoisotopic (exact) mass is 774 g/mol. The first-order valence-corrected chi connectivity index (χ1v) is 22.1. The molecule has 3 aromatic carbocycles. The van der Waals surface area contributed by atoms with Gasteiger partial charge in [-0.25, -0.2) is 0 Å². The summed E-state index contributed by atoms with van der Waals surface area (Å²) in [5, 5.41) is 23.4. The number of rotatable bonds is 22. The van der Waals surface area contributed by atoms with E-state index in [0.29, 0.717) is 56.0 Å². The second-order valence-corrected chi connectivity index (χ2v) is 15.4. The first kappa shape index (κ1) is 43.6. The fourth-order valence-corrected chi connectivity index (χ4v) is 7.65. The maximum Gasteiger partial charge on any atom is 0.214 e. The zero-order chi connectivity index (χ0) is 41.0. The molecule has 0 radical (unpaired) electrons. The van der Waals surface area contributed by atoms with Gasteiger partial charge in [0.15, 0.2) is 11.2 Å². The van der Waals surface area contributed by atoms with Gasteiger partial charge in [0.25, 0.3) is 0 Å². The molecule has 0 bridgehead atoms. The lowest BCUT2D eigenvalue weighted by atomic mass is 9.96. The molecule has 6 nitrogen and oxygen atoms in total. The third kappa shape index (κ3) is 11.3. The Labute approximate surface area is 348 Å². The standard InChI is InChI=1S/C52H62N4O2/c1-5-9-13-23-35-55(36-24-14-10-6-2)51-45(39-53)47-43(33-31-41-27-19-17-20-28-41)50-48(44(49(47)57-51)34-32-42-29-21-18-22-30-42)46(40-54)52(58-50)56(37-25-15-11-7-3)38-26-16-12-8-4/h17-22,27-30H,5-16,23-26,35-38H2,1-4H3. The molecule has 0 aliphatic heterocycles. The smallest absolute Gasteiger partial charge is 0.214 e. The van der Waals surface area contributed by atoms with E-state index < -0.39 is 0 Å². The van der Waals surface area contributed by atoms with Crippen LogP contribution in [0, 0.1) is 46.3 Å². The van der Waals surface area contributed by atoms with E-state index in [9.17, 15) is 10.5 Å². The Kier molecular flexibility index (Phi) is 17.7. The van der Waals surface area contributed by atoms with Gasteiger partial charge in [0.05, 0.1) is 21.9 Å². The van der Waals surface area contributed by atoms with E-state index in [1.54, 1.807) is 0 Å². The highest BCUT2D eigenvalue weighted by Gasteiger charge is 2.31. The molecule has 0 unspecified atom stereocenters. The second-order valence-electron chi connectivity index (χ2n) is 15.4. The van der Waals surface area contributed by atoms with Crippen molar-refractivity contribution in [2.45, 2.75) is 130 Å². The number of unbranched alkanes of at least 4 members (excludes halogenated alkanes) is 12. The van der Waals surface area contributed by atoms with Crippen LogP contribution in [0.15, 0.2) is 69.5 Å². The quantitative estimate of drug-likeness (QED) is 0.0514. The third-order valence-corrected chi connectivity index (χ3v) is 10.9. The predicted octanol–water partition coefficient (Wildman–Crippen LogP) is 13.7. The van der Waals surface area contributed by atoms with Gasteiger partial charge in [-0.15, -0.1) is 0 Å². The zero-order valence-corrected chi connectivity index (χ0v) is 35.5. The van der Waals surface area contributed by atoms with Crippen LogP contribution in [0.25, 0.3) is 21.9 Å². The molecular weight excluding hydrogens is 713 g/mol. The number of hydrogen-bond donors (Lipinski definition) is 0. The Morgan fingerprint density at radius 3 is 1.03 bits per heavy atom. The van der Waals surface area contributed by atoms with Gasteiger partial charge in [-0.1, -0.05) is 165 Å². The molecule has 302 valence electrons. The lowest BCUT2D eigenvalue weighted by Crippen LogP contribution is -2.26. The van der Waals surface area contributed by atoms with Crippen molar-refractivity contribution in [2.24, 2.45) is 0 Å². The highest BCUT2D eigenvalue weighted by Crippen LogP contribution is 2.45. The molecule has 58 heavy (non-hydrogen) atoms. The Bertz CT molecular complexity index is 2060. The summed E-state index contributed by atoms with van der Waals surface area (Å²) in [7, 11) is 0. The van der Waals surface area contributed by atoms with Gasteiger partial charge in [-0.3, -0.25) is 0 Å². The largest absolute Gasteiger partial charge is 0.438 e. The molecule has 5 aromatic rings. The fraction of sp³-hybridized carbons (Fsp3) is 0.462. The van der Waals surface area contributed by atoms with Crippen molar-refractivity contribution in [2.75, 3.05) is 36.0 Å². The van der Waals surface area contributed by atoms with Gasteiger partial charge < -0.3 is 18.6 Å². The van der Waals surface area contributed by atoms with Crippen molar-refractivity contribution in [1.29, 1.82) is 10.5 Å². The molecule has 0 atom stereocenters. The highest BCUT2D eigenvalue weighted by molar-refractivity contribution is 6.12. The van der Waals surface area contributed by atoms with E-state index in [1.807, 2.05) is 60.7 Å². The van der Waals surface area contributed by atoms with E-state index >= 15 is 0 Å². The van der Waals surface area contributed by atoms with Gasteiger partial charge in [0.2, 0.25) is 11.8 Å². The van der Waals surface area contributed by atoms with E-state index in [1.165, 1.54) is 0 Å². The van der Waals surface area contributed by atoms with Crippen LogP contribution in [0.4, 0.5) is 11.8 Å². The van der Waals surface area contributed by atoms with Crippen molar-refractivity contribution in [3.05, 3.63) is 94.0 Å². The number of fused-ring (bicyclic) bond motifs is 2. The molecule has 5 rings (SSSR count). The first-order valence-electron chi connectivity index (χ1n) is 22.1. The molecule has 0 aliphatic carbocycles. The van der Waals surface area contributed by atoms with Gasteiger partial charge in [-0.05, 0) is 49.9 Å². The van der Waals surface area contributed by atoms with Crippen LogP contribution in [-0.4, -0.2) is 26.2 Å². The molecule has 2 aromatic heterocycles. The van der Waals surface area contributed by atoms with Crippen molar-refractivity contribution < 1.29 is 8.83 Å². The fourth-order valence-electron chi connectivity index (χ4n) is 7.65. The van der Waals surface area contributed by atoms with E-state index in [2.05, 4.69) is 73.3 Å². The molecular formula is C52H62N4O2. The van der Waals surface area contributed by atoms with Gasteiger partial charge in [0, 0.05) is 37.3 Å². The minimum Gasteiger partial charge on any atom is -0.438 e. The van der Waals surface area contributed by atoms with Crippen molar-refractivity contribution in [1.82, 2.24) is 0 Å². The maximum absolute atomic E-state index is 11.1. The van der Waals surface area contributed by atoms with Crippen LogP contribution in [-0.2, 0) is 0 Å². The van der Waals surface area contributed by atoms with Crippen LogP contribution in [0.1, 0.15) is 164 Å². The molecule has 0 saturated heterocycles. The summed E-state index contributed by atoms with van der Waals surface area (Å²) >= 11 is 0. The minimum atomic E-state index is 0.440. The number of anilines is 2. The average molecular weight is 775 g/mol. The summed E-state index contributed by atoms with van der Waals surface area (Å²) in [6.45, 7) is 12.0. The van der Waals surface area contributed by atoms with Crippen molar-refractivity contribution in [3.8, 4) is 35.8 Å². The van der Waals surface area contributed by atoms with E-state index in [0.717, 1.165) is 140 Å². The Hall–Kier alpha value is -5.56. The molecule has 0 spiro atoms. The molecule has 0 amide bonds. The molecule has 0 N–H and O–H groups in total. The van der Waals surface area contributed by atoms with Gasteiger partial charge >= 0.3 is 0 Å². The molecule has 2 heterocycles. The van der Waals surface area contributed by atoms with Crippen LogP contribution in [0.3, 0.4) is 0 Å². The lowest BCUT2D eigenvalue weighted by molar-refractivity contribution is 0.543. The normalized spacial score (nSPS) is 10.8. The summed E-state index contributed by atoms with van der Waals surface area (Å²) in [5.41, 5.74) is 4.64. The highest BCUT2D eigenvalue weighted by atomic mass is 16.4. The van der Waals surface area contributed by atoms with Crippen LogP contribution in [0.5, 0.6) is 0 Å². The SMILES string of the molecule is CCCCCCN(CCCCCC)c1oc2c(C#Cc3ccccc3)c3c(C#N)c(N(CCCCCC)CCCCCC)oc3c(C#Cc3ccccc3)c2c1C#N. The Morgan fingerprint density at radius 2 is 0.741 bits per heavy atom. The molecule has 6 heteroatoms. The zero-order valence-electron chi connectivity index (χ0n) is 35.5. The minimum absolute atomic E-state index is 0.440. The second kappa shape index (κ2) is 23.6. The first-order chi connectivity index (χ1) is 28.6. The molecule has 0 fully saturated rings. The van der Waals surface area contributed by atoms with Crippen molar-refractivity contribution >= 4 is 33.7 Å². The maximum atomic E-state index is 11.1. The third-order valence-electron chi connectivity index (χ3n) is 10.9.